The van der Waals surface area contributed by atoms with E-state index in [4.69, 9.17) is 9.72 Å². The molecule has 0 unspecified atom stereocenters. The maximum Gasteiger partial charge on any atom is 0.410 e. The first-order valence-corrected chi connectivity index (χ1v) is 9.46. The number of aryl methyl sites for hydroxylation is 2. The Morgan fingerprint density at radius 1 is 1.31 bits per heavy atom. The summed E-state index contributed by atoms with van der Waals surface area (Å²) in [6.45, 7) is 9.52. The molecular weight excluding hydrogens is 328 g/mol. The van der Waals surface area contributed by atoms with Gasteiger partial charge in [0.1, 0.15) is 17.5 Å². The number of fused-ring (bicyclic) bond motifs is 1. The summed E-state index contributed by atoms with van der Waals surface area (Å²) in [6, 6.07) is 4.33. The number of ether oxygens (including phenoxy) is 1. The molecule has 6 nitrogen and oxygen atoms in total. The molecule has 26 heavy (non-hydrogen) atoms. The zero-order valence-corrected chi connectivity index (χ0v) is 16.2. The van der Waals surface area contributed by atoms with E-state index < -0.39 is 5.60 Å². The highest BCUT2D eigenvalue weighted by Gasteiger charge is 2.32. The van der Waals surface area contributed by atoms with Crippen LogP contribution in [0.2, 0.25) is 0 Å². The molecule has 1 fully saturated rings. The number of hydrogen-bond acceptors (Lipinski definition) is 5. The van der Waals surface area contributed by atoms with Crippen molar-refractivity contribution < 1.29 is 9.53 Å². The number of pyridine rings is 1. The minimum Gasteiger partial charge on any atom is -0.444 e. The zero-order valence-electron chi connectivity index (χ0n) is 16.2. The maximum absolute atomic E-state index is 12.4. The van der Waals surface area contributed by atoms with Crippen LogP contribution in [-0.2, 0) is 17.6 Å². The van der Waals surface area contributed by atoms with Crippen molar-refractivity contribution >= 4 is 11.9 Å². The monoisotopic (exact) mass is 356 g/mol. The lowest BCUT2D eigenvalue weighted by Crippen LogP contribution is -2.55. The third-order valence-electron chi connectivity index (χ3n) is 4.96. The number of anilines is 1. The summed E-state index contributed by atoms with van der Waals surface area (Å²) < 4.78 is 5.51. The van der Waals surface area contributed by atoms with Crippen LogP contribution in [0.1, 0.15) is 57.4 Å². The van der Waals surface area contributed by atoms with Gasteiger partial charge >= 0.3 is 6.09 Å². The molecule has 0 N–H and O–H groups in total. The summed E-state index contributed by atoms with van der Waals surface area (Å²) in [5, 5.41) is 9.58. The second kappa shape index (κ2) is 7.14. The Bertz CT molecular complexity index is 733. The summed E-state index contributed by atoms with van der Waals surface area (Å²) in [4.78, 5) is 21.1. The number of aromatic nitrogens is 1. The first-order valence-electron chi connectivity index (χ1n) is 9.46. The van der Waals surface area contributed by atoms with Crippen LogP contribution in [-0.4, -0.2) is 47.3 Å². The third kappa shape index (κ3) is 3.92. The largest absolute Gasteiger partial charge is 0.444 e. The Morgan fingerprint density at radius 2 is 2.04 bits per heavy atom. The molecule has 0 aromatic carbocycles. The SMILES string of the molecule is C[C@@H]1CN(c2nc3c(cc2C#N)CCCC3)CCN1C(=O)OC(C)(C)C. The normalized spacial score (nSPS) is 20.3. The zero-order chi connectivity index (χ0) is 18.9. The highest BCUT2D eigenvalue weighted by Crippen LogP contribution is 2.28. The summed E-state index contributed by atoms with van der Waals surface area (Å²) in [6.07, 6.45) is 4.06. The topological polar surface area (TPSA) is 69.5 Å². The smallest absolute Gasteiger partial charge is 0.410 e. The van der Waals surface area contributed by atoms with Crippen molar-refractivity contribution in [3.8, 4) is 6.07 Å². The average molecular weight is 356 g/mol. The Kier molecular flexibility index (Phi) is 5.08. The van der Waals surface area contributed by atoms with Crippen LogP contribution in [0, 0.1) is 11.3 Å². The molecule has 2 heterocycles. The van der Waals surface area contributed by atoms with E-state index in [9.17, 15) is 10.1 Å². The van der Waals surface area contributed by atoms with E-state index in [1.54, 1.807) is 4.90 Å². The Morgan fingerprint density at radius 3 is 2.69 bits per heavy atom. The molecule has 1 aromatic heterocycles. The van der Waals surface area contributed by atoms with Crippen LogP contribution in [0.5, 0.6) is 0 Å². The predicted molar refractivity (Wildman–Crippen MR) is 100 cm³/mol. The fraction of sp³-hybridized carbons (Fsp3) is 0.650. The van der Waals surface area contributed by atoms with Gasteiger partial charge < -0.3 is 14.5 Å². The molecule has 140 valence electrons. The number of rotatable bonds is 1. The van der Waals surface area contributed by atoms with Crippen LogP contribution in [0.4, 0.5) is 10.6 Å². The molecular formula is C20H28N4O2. The molecule has 1 aliphatic carbocycles. The van der Waals surface area contributed by atoms with Gasteiger partial charge in [0.25, 0.3) is 0 Å². The van der Waals surface area contributed by atoms with Crippen molar-refractivity contribution in [1.29, 1.82) is 5.26 Å². The molecule has 1 atom stereocenters. The molecule has 1 aromatic rings. The van der Waals surface area contributed by atoms with Gasteiger partial charge in [0.05, 0.1) is 5.56 Å². The average Bonchev–Trinajstić information content (AvgIpc) is 2.58. The van der Waals surface area contributed by atoms with Crippen molar-refractivity contribution in [1.82, 2.24) is 9.88 Å². The van der Waals surface area contributed by atoms with E-state index in [1.165, 1.54) is 12.0 Å². The van der Waals surface area contributed by atoms with E-state index in [0.717, 1.165) is 30.8 Å². The van der Waals surface area contributed by atoms with Crippen molar-refractivity contribution in [3.05, 3.63) is 22.9 Å². The van der Waals surface area contributed by atoms with Crippen LogP contribution in [0.15, 0.2) is 6.07 Å². The highest BCUT2D eigenvalue weighted by molar-refractivity contribution is 5.69. The fourth-order valence-corrected chi connectivity index (χ4v) is 3.69. The number of nitrogens with zero attached hydrogens (tertiary/aromatic N) is 4. The van der Waals surface area contributed by atoms with Crippen molar-refractivity contribution in [2.75, 3.05) is 24.5 Å². The minimum atomic E-state index is -0.498. The summed E-state index contributed by atoms with van der Waals surface area (Å²) in [5.41, 5.74) is 2.50. The summed E-state index contributed by atoms with van der Waals surface area (Å²) >= 11 is 0. The Labute approximate surface area is 155 Å². The summed E-state index contributed by atoms with van der Waals surface area (Å²) in [7, 11) is 0. The van der Waals surface area contributed by atoms with E-state index in [1.807, 2.05) is 33.8 Å². The van der Waals surface area contributed by atoms with E-state index in [2.05, 4.69) is 11.0 Å². The lowest BCUT2D eigenvalue weighted by Gasteiger charge is -2.41. The van der Waals surface area contributed by atoms with Crippen molar-refractivity contribution in [2.45, 2.75) is 65.0 Å². The molecule has 0 saturated carbocycles. The van der Waals surface area contributed by atoms with Crippen molar-refractivity contribution in [2.24, 2.45) is 0 Å². The molecule has 0 bridgehead atoms. The van der Waals surface area contributed by atoms with E-state index in [-0.39, 0.29) is 12.1 Å². The van der Waals surface area contributed by atoms with Gasteiger partial charge in [0.2, 0.25) is 0 Å². The van der Waals surface area contributed by atoms with Gasteiger partial charge in [-0.1, -0.05) is 0 Å². The number of hydrogen-bond donors (Lipinski definition) is 0. The number of nitriles is 1. The maximum atomic E-state index is 12.4. The second-order valence-electron chi connectivity index (χ2n) is 8.25. The Balaban J connectivity index is 1.77. The molecule has 0 radical (unpaired) electrons. The Hall–Kier alpha value is -2.29. The molecule has 1 amide bonds. The standard InChI is InChI=1S/C20H28N4O2/c1-14-13-23(9-10-24(14)19(25)26-20(2,3)4)18-16(12-21)11-15-7-5-6-8-17(15)22-18/h11,14H,5-10,13H2,1-4H3/t14-/m1/s1. The lowest BCUT2D eigenvalue weighted by atomic mass is 9.94. The molecule has 0 spiro atoms. The van der Waals surface area contributed by atoms with Crippen LogP contribution in [0.3, 0.4) is 0 Å². The molecule has 1 saturated heterocycles. The van der Waals surface area contributed by atoms with Crippen LogP contribution >= 0.6 is 0 Å². The number of amides is 1. The predicted octanol–water partition coefficient (Wildman–Crippen LogP) is 3.28. The molecule has 1 aliphatic heterocycles. The van der Waals surface area contributed by atoms with Gasteiger partial charge in [0, 0.05) is 31.4 Å². The van der Waals surface area contributed by atoms with Gasteiger partial charge in [-0.05, 0) is 65.0 Å². The quantitative estimate of drug-likeness (QED) is 0.772. The first-order chi connectivity index (χ1) is 12.3. The minimum absolute atomic E-state index is 0.00275. The third-order valence-corrected chi connectivity index (χ3v) is 4.96. The van der Waals surface area contributed by atoms with Crippen molar-refractivity contribution in [3.63, 3.8) is 0 Å². The fourth-order valence-electron chi connectivity index (χ4n) is 3.69. The molecule has 3 rings (SSSR count). The highest BCUT2D eigenvalue weighted by atomic mass is 16.6. The van der Waals surface area contributed by atoms with E-state index in [0.29, 0.717) is 25.2 Å². The summed E-state index contributed by atoms with van der Waals surface area (Å²) in [5.74, 6) is 0.767. The van der Waals surface area contributed by atoms with Gasteiger partial charge in [-0.2, -0.15) is 5.26 Å². The first kappa shape index (κ1) is 18.5. The number of piperazine rings is 1. The van der Waals surface area contributed by atoms with Gasteiger partial charge in [-0.25, -0.2) is 9.78 Å². The number of carbonyl (C=O) groups excluding carboxylic acids is 1. The lowest BCUT2D eigenvalue weighted by molar-refractivity contribution is 0.0158. The van der Waals surface area contributed by atoms with Crippen LogP contribution in [0.25, 0.3) is 0 Å². The van der Waals surface area contributed by atoms with E-state index >= 15 is 0 Å². The number of carbonyl (C=O) groups is 1. The second-order valence-corrected chi connectivity index (χ2v) is 8.25. The van der Waals surface area contributed by atoms with Crippen LogP contribution < -0.4 is 4.90 Å². The van der Waals surface area contributed by atoms with Gasteiger partial charge in [-0.15, -0.1) is 0 Å². The molecule has 2 aliphatic rings. The van der Waals surface area contributed by atoms with Gasteiger partial charge in [-0.3, -0.25) is 0 Å². The molecule has 6 heteroatoms. The van der Waals surface area contributed by atoms with Gasteiger partial charge in [0.15, 0.2) is 0 Å².